The van der Waals surface area contributed by atoms with Crippen LogP contribution in [0, 0.1) is 11.6 Å². The van der Waals surface area contributed by atoms with Crippen molar-refractivity contribution < 1.29 is 13.6 Å². The van der Waals surface area contributed by atoms with Gasteiger partial charge in [-0.15, -0.1) is 11.8 Å². The molecule has 6 nitrogen and oxygen atoms in total. The molecule has 2 aromatic heterocycles. The summed E-state index contributed by atoms with van der Waals surface area (Å²) in [5.41, 5.74) is 0.531. The third-order valence-corrected chi connectivity index (χ3v) is 4.74. The number of carbonyl (C=O) groups excluding carboxylic acids is 1. The quantitative estimate of drug-likeness (QED) is 0.653. The number of rotatable bonds is 5. The maximum atomic E-state index is 13.3. The molecule has 0 fully saturated rings. The van der Waals surface area contributed by atoms with Gasteiger partial charge in [0.05, 0.1) is 11.4 Å². The number of halogens is 2. The minimum absolute atomic E-state index is 0.0246. The third-order valence-electron chi connectivity index (χ3n) is 3.75. The summed E-state index contributed by atoms with van der Waals surface area (Å²) in [6, 6.07) is 6.99. The van der Waals surface area contributed by atoms with Gasteiger partial charge in [0.2, 0.25) is 5.91 Å². The summed E-state index contributed by atoms with van der Waals surface area (Å²) in [4.78, 5) is 21.2. The number of hydrogen-bond donors (Lipinski definition) is 1. The lowest BCUT2D eigenvalue weighted by Gasteiger charge is -2.13. The average molecular weight is 403 g/mol. The van der Waals surface area contributed by atoms with Crippen LogP contribution in [-0.4, -0.2) is 31.4 Å². The zero-order valence-electron chi connectivity index (χ0n) is 15.6. The van der Waals surface area contributed by atoms with E-state index >= 15 is 0 Å². The van der Waals surface area contributed by atoms with Crippen LogP contribution >= 0.6 is 11.8 Å². The van der Waals surface area contributed by atoms with E-state index in [-0.39, 0.29) is 17.1 Å². The highest BCUT2D eigenvalue weighted by Crippen LogP contribution is 2.26. The standard InChI is InChI=1S/C19H19F2N5OS/c1-19(2,3)15-10-16(26(25-15)18-22-7-4-8-23-18)24-17(27)11-28-12-5-6-13(20)14(21)9-12/h4-10H,11H2,1-3H3,(H,24,27). The minimum atomic E-state index is -0.945. The van der Waals surface area contributed by atoms with Crippen molar-refractivity contribution in [2.75, 3.05) is 11.1 Å². The molecule has 0 saturated heterocycles. The molecular formula is C19H19F2N5OS. The van der Waals surface area contributed by atoms with Crippen LogP contribution in [0.5, 0.6) is 0 Å². The smallest absolute Gasteiger partial charge is 0.252 e. The number of thioether (sulfide) groups is 1. The van der Waals surface area contributed by atoms with Crippen molar-refractivity contribution in [1.29, 1.82) is 0 Å². The molecule has 146 valence electrons. The molecule has 3 rings (SSSR count). The summed E-state index contributed by atoms with van der Waals surface area (Å²) < 4.78 is 27.8. The van der Waals surface area contributed by atoms with Crippen LogP contribution in [0.15, 0.2) is 47.6 Å². The molecule has 0 spiro atoms. The van der Waals surface area contributed by atoms with Gasteiger partial charge in [-0.1, -0.05) is 20.8 Å². The van der Waals surface area contributed by atoms with E-state index < -0.39 is 11.6 Å². The van der Waals surface area contributed by atoms with E-state index in [1.807, 2.05) is 20.8 Å². The second-order valence-corrected chi connectivity index (χ2v) is 8.09. The second kappa shape index (κ2) is 8.05. The molecular weight excluding hydrogens is 384 g/mol. The van der Waals surface area contributed by atoms with Crippen molar-refractivity contribution in [3.63, 3.8) is 0 Å². The van der Waals surface area contributed by atoms with E-state index in [4.69, 9.17) is 0 Å². The van der Waals surface area contributed by atoms with Crippen LogP contribution in [0.1, 0.15) is 26.5 Å². The summed E-state index contributed by atoms with van der Waals surface area (Å²) in [5, 5.41) is 7.31. The lowest BCUT2D eigenvalue weighted by molar-refractivity contribution is -0.113. The molecule has 0 radical (unpaired) electrons. The lowest BCUT2D eigenvalue weighted by atomic mass is 9.92. The number of amides is 1. The van der Waals surface area contributed by atoms with E-state index in [1.165, 1.54) is 10.7 Å². The van der Waals surface area contributed by atoms with Gasteiger partial charge < -0.3 is 5.32 Å². The highest BCUT2D eigenvalue weighted by molar-refractivity contribution is 8.00. The highest BCUT2D eigenvalue weighted by Gasteiger charge is 2.22. The van der Waals surface area contributed by atoms with Crippen LogP contribution in [-0.2, 0) is 10.2 Å². The molecule has 0 bridgehead atoms. The maximum absolute atomic E-state index is 13.3. The largest absolute Gasteiger partial charge is 0.310 e. The Hall–Kier alpha value is -2.81. The molecule has 28 heavy (non-hydrogen) atoms. The molecule has 9 heteroatoms. The Morgan fingerprint density at radius 2 is 1.86 bits per heavy atom. The highest BCUT2D eigenvalue weighted by atomic mass is 32.2. The van der Waals surface area contributed by atoms with Crippen LogP contribution in [0.4, 0.5) is 14.6 Å². The SMILES string of the molecule is CC(C)(C)c1cc(NC(=O)CSc2ccc(F)c(F)c2)n(-c2ncccn2)n1. The van der Waals surface area contributed by atoms with Gasteiger partial charge in [0.25, 0.3) is 5.95 Å². The first-order valence-electron chi connectivity index (χ1n) is 8.49. The zero-order valence-corrected chi connectivity index (χ0v) is 16.4. The third kappa shape index (κ3) is 4.72. The Bertz CT molecular complexity index is 986. The monoisotopic (exact) mass is 403 g/mol. The van der Waals surface area contributed by atoms with Crippen LogP contribution in [0.3, 0.4) is 0 Å². The Morgan fingerprint density at radius 3 is 2.50 bits per heavy atom. The second-order valence-electron chi connectivity index (χ2n) is 7.04. The Balaban J connectivity index is 1.77. The van der Waals surface area contributed by atoms with Gasteiger partial charge in [-0.25, -0.2) is 18.7 Å². The van der Waals surface area contributed by atoms with Crippen molar-refractivity contribution >= 4 is 23.5 Å². The fraction of sp³-hybridized carbons (Fsp3) is 0.263. The lowest BCUT2D eigenvalue weighted by Crippen LogP contribution is -2.17. The molecule has 2 heterocycles. The molecule has 0 aliphatic carbocycles. The average Bonchev–Trinajstić information content (AvgIpc) is 3.07. The van der Waals surface area contributed by atoms with Crippen molar-refractivity contribution in [3.05, 3.63) is 60.1 Å². The molecule has 1 aromatic carbocycles. The normalized spacial score (nSPS) is 11.5. The molecule has 3 aromatic rings. The number of aromatic nitrogens is 4. The Labute approximate surface area is 165 Å². The first-order valence-corrected chi connectivity index (χ1v) is 9.48. The predicted molar refractivity (Wildman–Crippen MR) is 104 cm³/mol. The molecule has 0 unspecified atom stereocenters. The van der Waals surface area contributed by atoms with E-state index in [0.717, 1.165) is 29.6 Å². The first kappa shape index (κ1) is 19.9. The minimum Gasteiger partial charge on any atom is -0.310 e. The predicted octanol–water partition coefficient (Wildman–Crippen LogP) is 3.97. The van der Waals surface area contributed by atoms with Crippen LogP contribution in [0.25, 0.3) is 5.95 Å². The van der Waals surface area contributed by atoms with Gasteiger partial charge in [0.15, 0.2) is 11.6 Å². The van der Waals surface area contributed by atoms with Gasteiger partial charge in [0, 0.05) is 28.8 Å². The maximum Gasteiger partial charge on any atom is 0.252 e. The molecule has 1 amide bonds. The summed E-state index contributed by atoms with van der Waals surface area (Å²) in [6.07, 6.45) is 3.18. The number of nitrogens with zero attached hydrogens (tertiary/aromatic N) is 4. The molecule has 1 N–H and O–H groups in total. The fourth-order valence-electron chi connectivity index (χ4n) is 2.28. The van der Waals surface area contributed by atoms with Gasteiger partial charge in [-0.3, -0.25) is 4.79 Å². The molecule has 0 saturated carbocycles. The number of carbonyl (C=O) groups is 1. The van der Waals surface area contributed by atoms with Crippen LogP contribution < -0.4 is 5.32 Å². The van der Waals surface area contributed by atoms with Gasteiger partial charge in [-0.2, -0.15) is 9.78 Å². The van der Waals surface area contributed by atoms with Gasteiger partial charge in [0.1, 0.15) is 5.82 Å². The summed E-state index contributed by atoms with van der Waals surface area (Å²) >= 11 is 1.11. The van der Waals surface area contributed by atoms with Crippen molar-refractivity contribution in [3.8, 4) is 5.95 Å². The summed E-state index contributed by atoms with van der Waals surface area (Å²) in [5.74, 6) is -1.38. The number of anilines is 1. The van der Waals surface area contributed by atoms with Crippen molar-refractivity contribution in [2.45, 2.75) is 31.1 Å². The molecule has 0 aliphatic heterocycles. The van der Waals surface area contributed by atoms with E-state index in [2.05, 4.69) is 20.4 Å². The number of benzene rings is 1. The van der Waals surface area contributed by atoms with E-state index in [1.54, 1.807) is 24.5 Å². The van der Waals surface area contributed by atoms with E-state index in [0.29, 0.717) is 16.7 Å². The van der Waals surface area contributed by atoms with Crippen molar-refractivity contribution in [1.82, 2.24) is 19.7 Å². The zero-order chi connectivity index (χ0) is 20.3. The van der Waals surface area contributed by atoms with Gasteiger partial charge in [-0.05, 0) is 24.3 Å². The number of hydrogen-bond acceptors (Lipinski definition) is 5. The van der Waals surface area contributed by atoms with Crippen LogP contribution in [0.2, 0.25) is 0 Å². The van der Waals surface area contributed by atoms with E-state index in [9.17, 15) is 13.6 Å². The fourth-order valence-corrected chi connectivity index (χ4v) is 3.01. The van der Waals surface area contributed by atoms with Gasteiger partial charge >= 0.3 is 0 Å². The molecule has 0 aliphatic rings. The number of nitrogens with one attached hydrogen (secondary N) is 1. The molecule has 0 atom stereocenters. The Kier molecular flexibility index (Phi) is 5.73. The summed E-state index contributed by atoms with van der Waals surface area (Å²) in [6.45, 7) is 6.03. The Morgan fingerprint density at radius 1 is 1.14 bits per heavy atom. The summed E-state index contributed by atoms with van der Waals surface area (Å²) in [7, 11) is 0. The first-order chi connectivity index (χ1) is 13.2. The topological polar surface area (TPSA) is 72.7 Å². The van der Waals surface area contributed by atoms with Crippen molar-refractivity contribution in [2.24, 2.45) is 0 Å².